The number of anilines is 1. The van der Waals surface area contributed by atoms with Crippen molar-refractivity contribution in [3.05, 3.63) is 29.8 Å². The molecule has 0 atom stereocenters. The van der Waals surface area contributed by atoms with Crippen molar-refractivity contribution in [2.24, 2.45) is 0 Å². The molecule has 0 fully saturated rings. The Morgan fingerprint density at radius 3 is 2.81 bits per heavy atom. The van der Waals surface area contributed by atoms with Gasteiger partial charge in [0.05, 0.1) is 0 Å². The molecule has 1 aromatic carbocycles. The van der Waals surface area contributed by atoms with Gasteiger partial charge in [0.25, 0.3) is 0 Å². The van der Waals surface area contributed by atoms with Gasteiger partial charge in [0.2, 0.25) is 5.91 Å². The predicted octanol–water partition coefficient (Wildman–Crippen LogP) is 1.96. The molecule has 0 aromatic heterocycles. The number of amides is 1. The third-order valence-corrected chi connectivity index (χ3v) is 2.58. The number of carbonyl (C=O) groups excluding carboxylic acids is 1. The smallest absolute Gasteiger partial charge is 0.226 e. The summed E-state index contributed by atoms with van der Waals surface area (Å²) in [6, 6.07) is 7.99. The zero-order valence-electron chi connectivity index (χ0n) is 10.3. The van der Waals surface area contributed by atoms with E-state index in [2.05, 4.69) is 5.32 Å². The fourth-order valence-electron chi connectivity index (χ4n) is 1.56. The molecule has 0 saturated heterocycles. The van der Waals surface area contributed by atoms with E-state index in [1.807, 2.05) is 45.3 Å². The maximum absolute atomic E-state index is 11.8. The highest BCUT2D eigenvalue weighted by Gasteiger charge is 2.09. The number of nitrogens with zero attached hydrogens (tertiary/aromatic N) is 1. The van der Waals surface area contributed by atoms with E-state index < -0.39 is 0 Å². The van der Waals surface area contributed by atoms with Crippen molar-refractivity contribution < 1.29 is 4.79 Å². The molecule has 1 N–H and O–H groups in total. The minimum atomic E-state index is 0.167. The van der Waals surface area contributed by atoms with Crippen LogP contribution in [-0.2, 0) is 4.79 Å². The van der Waals surface area contributed by atoms with Gasteiger partial charge in [-0.2, -0.15) is 0 Å². The summed E-state index contributed by atoms with van der Waals surface area (Å²) in [5.41, 5.74) is 2.14. The topological polar surface area (TPSA) is 32.3 Å². The Morgan fingerprint density at radius 2 is 2.19 bits per heavy atom. The second-order valence-electron chi connectivity index (χ2n) is 4.00. The Bertz CT molecular complexity index is 350. The highest BCUT2D eigenvalue weighted by Crippen LogP contribution is 2.15. The summed E-state index contributed by atoms with van der Waals surface area (Å²) in [5.74, 6) is 0.167. The van der Waals surface area contributed by atoms with Crippen molar-refractivity contribution in [1.29, 1.82) is 0 Å². The lowest BCUT2D eigenvalue weighted by atomic mass is 10.2. The summed E-state index contributed by atoms with van der Waals surface area (Å²) < 4.78 is 0. The van der Waals surface area contributed by atoms with E-state index in [0.717, 1.165) is 18.7 Å². The highest BCUT2D eigenvalue weighted by atomic mass is 16.2. The van der Waals surface area contributed by atoms with Crippen LogP contribution in [0.4, 0.5) is 5.69 Å². The van der Waals surface area contributed by atoms with Gasteiger partial charge in [0.1, 0.15) is 0 Å². The zero-order chi connectivity index (χ0) is 12.0. The number of aryl methyl sites for hydroxylation is 1. The molecule has 0 aliphatic heterocycles. The molecule has 0 spiro atoms. The van der Waals surface area contributed by atoms with Crippen LogP contribution in [0.3, 0.4) is 0 Å². The monoisotopic (exact) mass is 220 g/mol. The van der Waals surface area contributed by atoms with Crippen LogP contribution >= 0.6 is 0 Å². The summed E-state index contributed by atoms with van der Waals surface area (Å²) >= 11 is 0. The molecule has 1 aromatic rings. The van der Waals surface area contributed by atoms with Gasteiger partial charge in [-0.05, 0) is 44.6 Å². The molecule has 1 rings (SSSR count). The number of carbonyl (C=O) groups is 1. The van der Waals surface area contributed by atoms with Crippen LogP contribution < -0.4 is 10.2 Å². The predicted molar refractivity (Wildman–Crippen MR) is 67.7 cm³/mol. The molecule has 3 nitrogen and oxygen atoms in total. The number of rotatable bonds is 5. The largest absolute Gasteiger partial charge is 0.320 e. The first-order chi connectivity index (χ1) is 7.65. The summed E-state index contributed by atoms with van der Waals surface area (Å²) in [4.78, 5) is 13.6. The molecule has 16 heavy (non-hydrogen) atoms. The van der Waals surface area contributed by atoms with E-state index in [1.165, 1.54) is 5.56 Å². The average molecular weight is 220 g/mol. The third kappa shape index (κ3) is 3.66. The summed E-state index contributed by atoms with van der Waals surface area (Å²) in [5, 5.41) is 3.04. The van der Waals surface area contributed by atoms with E-state index in [4.69, 9.17) is 0 Å². The third-order valence-electron chi connectivity index (χ3n) is 2.58. The van der Waals surface area contributed by atoms with Crippen LogP contribution in [0.25, 0.3) is 0 Å². The standard InChI is InChI=1S/C13H20N2O/c1-11-6-4-7-12(10-11)15(3)13(16)8-5-9-14-2/h4,6-7,10,14H,5,8-9H2,1-3H3. The molecule has 0 aliphatic carbocycles. The van der Waals surface area contributed by atoms with Crippen LogP contribution in [0.15, 0.2) is 24.3 Å². The lowest BCUT2D eigenvalue weighted by Crippen LogP contribution is -2.26. The van der Waals surface area contributed by atoms with Gasteiger partial charge in [0.15, 0.2) is 0 Å². The van der Waals surface area contributed by atoms with Gasteiger partial charge >= 0.3 is 0 Å². The fraction of sp³-hybridized carbons (Fsp3) is 0.462. The fourth-order valence-corrected chi connectivity index (χ4v) is 1.56. The molecular weight excluding hydrogens is 200 g/mol. The minimum Gasteiger partial charge on any atom is -0.320 e. The molecular formula is C13H20N2O. The molecule has 88 valence electrons. The molecule has 3 heteroatoms. The number of nitrogens with one attached hydrogen (secondary N) is 1. The quantitative estimate of drug-likeness (QED) is 0.769. The molecule has 0 aliphatic rings. The number of benzene rings is 1. The molecule has 0 heterocycles. The minimum absolute atomic E-state index is 0.167. The highest BCUT2D eigenvalue weighted by molar-refractivity contribution is 5.92. The van der Waals surface area contributed by atoms with E-state index in [1.54, 1.807) is 4.90 Å². The van der Waals surface area contributed by atoms with E-state index in [0.29, 0.717) is 6.42 Å². The van der Waals surface area contributed by atoms with Gasteiger partial charge in [-0.15, -0.1) is 0 Å². The van der Waals surface area contributed by atoms with Gasteiger partial charge in [0, 0.05) is 19.2 Å². The normalized spacial score (nSPS) is 10.2. The van der Waals surface area contributed by atoms with Gasteiger partial charge in [-0.1, -0.05) is 12.1 Å². The number of hydrogen-bond donors (Lipinski definition) is 1. The Hall–Kier alpha value is -1.35. The first kappa shape index (κ1) is 12.7. The van der Waals surface area contributed by atoms with Crippen molar-refractivity contribution in [3.63, 3.8) is 0 Å². The van der Waals surface area contributed by atoms with Crippen molar-refractivity contribution in [3.8, 4) is 0 Å². The van der Waals surface area contributed by atoms with Crippen LogP contribution in [0.5, 0.6) is 0 Å². The number of hydrogen-bond acceptors (Lipinski definition) is 2. The SMILES string of the molecule is CNCCCC(=O)N(C)c1cccc(C)c1. The maximum Gasteiger partial charge on any atom is 0.226 e. The Balaban J connectivity index is 2.56. The molecule has 0 radical (unpaired) electrons. The molecule has 0 saturated carbocycles. The zero-order valence-corrected chi connectivity index (χ0v) is 10.3. The van der Waals surface area contributed by atoms with E-state index in [-0.39, 0.29) is 5.91 Å². The average Bonchev–Trinajstić information content (AvgIpc) is 2.28. The summed E-state index contributed by atoms with van der Waals surface area (Å²) in [6.45, 7) is 2.91. The second kappa shape index (κ2) is 6.28. The van der Waals surface area contributed by atoms with E-state index >= 15 is 0 Å². The Morgan fingerprint density at radius 1 is 1.44 bits per heavy atom. The first-order valence-electron chi connectivity index (χ1n) is 5.63. The Kier molecular flexibility index (Phi) is 4.99. The molecule has 1 amide bonds. The van der Waals surface area contributed by atoms with Crippen LogP contribution in [0.1, 0.15) is 18.4 Å². The summed E-state index contributed by atoms with van der Waals surface area (Å²) in [6.07, 6.45) is 1.47. The van der Waals surface area contributed by atoms with Crippen LogP contribution in [0, 0.1) is 6.92 Å². The summed E-state index contributed by atoms with van der Waals surface area (Å²) in [7, 11) is 3.73. The van der Waals surface area contributed by atoms with Crippen molar-refractivity contribution in [2.45, 2.75) is 19.8 Å². The van der Waals surface area contributed by atoms with Crippen molar-refractivity contribution in [2.75, 3.05) is 25.5 Å². The van der Waals surface area contributed by atoms with Crippen molar-refractivity contribution in [1.82, 2.24) is 5.32 Å². The second-order valence-corrected chi connectivity index (χ2v) is 4.00. The van der Waals surface area contributed by atoms with Gasteiger partial charge in [-0.25, -0.2) is 0 Å². The first-order valence-corrected chi connectivity index (χ1v) is 5.63. The molecule has 0 unspecified atom stereocenters. The van der Waals surface area contributed by atoms with Gasteiger partial charge < -0.3 is 10.2 Å². The lowest BCUT2D eigenvalue weighted by Gasteiger charge is -2.17. The van der Waals surface area contributed by atoms with E-state index in [9.17, 15) is 4.79 Å². The molecule has 0 bridgehead atoms. The van der Waals surface area contributed by atoms with Gasteiger partial charge in [-0.3, -0.25) is 4.79 Å². The maximum atomic E-state index is 11.8. The lowest BCUT2D eigenvalue weighted by molar-refractivity contribution is -0.118. The van der Waals surface area contributed by atoms with Crippen molar-refractivity contribution >= 4 is 11.6 Å². The van der Waals surface area contributed by atoms with Crippen LogP contribution in [0.2, 0.25) is 0 Å². The van der Waals surface area contributed by atoms with Crippen LogP contribution in [-0.4, -0.2) is 26.5 Å². The Labute approximate surface area is 97.5 Å².